The monoisotopic (exact) mass is 468 g/mol. The lowest BCUT2D eigenvalue weighted by molar-refractivity contribution is -0.163. The molecule has 1 unspecified atom stereocenters. The third-order valence-corrected chi connectivity index (χ3v) is 8.52. The minimum absolute atomic E-state index is 0.0340. The molecule has 4 heterocycles. The fourth-order valence-corrected chi connectivity index (χ4v) is 6.89. The quantitative estimate of drug-likeness (QED) is 0.291. The van der Waals surface area contributed by atoms with Crippen LogP contribution < -0.4 is 10.6 Å². The van der Waals surface area contributed by atoms with Gasteiger partial charge in [0.05, 0.1) is 18.1 Å². The zero-order chi connectivity index (χ0) is 23.2. The number of hydrogen-bond acceptors (Lipinski definition) is 8. The molecule has 4 aliphatic rings. The number of carbonyl (C=O) groups is 3. The summed E-state index contributed by atoms with van der Waals surface area (Å²) in [5.74, 6) is -2.43. The van der Waals surface area contributed by atoms with Gasteiger partial charge in [-0.1, -0.05) is 6.92 Å². The molecular weight excluding hydrogens is 436 g/mol. The molecule has 178 valence electrons. The van der Waals surface area contributed by atoms with Crippen molar-refractivity contribution >= 4 is 29.5 Å². The number of hydrogen-bond donors (Lipinski definition) is 5. The van der Waals surface area contributed by atoms with E-state index in [9.17, 15) is 29.7 Å². The van der Waals surface area contributed by atoms with Crippen LogP contribution in [0.2, 0.25) is 0 Å². The van der Waals surface area contributed by atoms with Gasteiger partial charge in [0.15, 0.2) is 0 Å². The van der Waals surface area contributed by atoms with E-state index < -0.39 is 24.1 Å². The predicted octanol–water partition coefficient (Wildman–Crippen LogP) is -1.21. The van der Waals surface area contributed by atoms with Crippen LogP contribution in [-0.4, -0.2) is 105 Å². The highest BCUT2D eigenvalue weighted by Crippen LogP contribution is 2.51. The van der Waals surface area contributed by atoms with Crippen molar-refractivity contribution in [3.63, 3.8) is 0 Å². The number of carboxylic acid groups (broad SMARTS) is 1. The van der Waals surface area contributed by atoms with E-state index in [-0.39, 0.29) is 40.8 Å². The fraction of sp³-hybridized carbons (Fsp3) is 0.762. The van der Waals surface area contributed by atoms with Gasteiger partial charge in [0.25, 0.3) is 5.91 Å². The maximum absolute atomic E-state index is 12.5. The number of aliphatic hydroxyl groups is 2. The molecule has 7 atom stereocenters. The Balaban J connectivity index is 1.37. The summed E-state index contributed by atoms with van der Waals surface area (Å²) >= 11 is 1.47. The Hall–Kier alpha value is -1.66. The SMILES string of the molecule is C[C@@H](O)[C@H]1C(=O)N2C(C(=O)O)=C(S[C@@H]3CN[C@@H](CC(O)C(=O)N4CCNCC4)C3)[C@H](C)[C@H]12. The van der Waals surface area contributed by atoms with E-state index in [1.54, 1.807) is 11.8 Å². The highest BCUT2D eigenvalue weighted by molar-refractivity contribution is 8.03. The number of carbonyl (C=O) groups excluding carboxylic acids is 2. The van der Waals surface area contributed by atoms with Gasteiger partial charge < -0.3 is 35.8 Å². The smallest absolute Gasteiger partial charge is 0.353 e. The number of aliphatic carboxylic acids is 1. The highest BCUT2D eigenvalue weighted by atomic mass is 32.2. The molecule has 0 aromatic heterocycles. The molecule has 32 heavy (non-hydrogen) atoms. The summed E-state index contributed by atoms with van der Waals surface area (Å²) in [6.07, 6.45) is -0.867. The van der Waals surface area contributed by atoms with Crippen molar-refractivity contribution in [3.8, 4) is 0 Å². The van der Waals surface area contributed by atoms with Crippen LogP contribution in [-0.2, 0) is 14.4 Å². The third kappa shape index (κ3) is 4.16. The molecule has 0 spiro atoms. The second-order valence-corrected chi connectivity index (χ2v) is 10.5. The van der Waals surface area contributed by atoms with Crippen molar-refractivity contribution in [3.05, 3.63) is 10.6 Å². The lowest BCUT2D eigenvalue weighted by Crippen LogP contribution is -2.63. The fourth-order valence-electron chi connectivity index (χ4n) is 5.38. The summed E-state index contributed by atoms with van der Waals surface area (Å²) in [4.78, 5) is 40.6. The van der Waals surface area contributed by atoms with Gasteiger partial charge in [0.2, 0.25) is 5.91 Å². The number of β-lactam (4-membered cyclic amide) rings is 1. The molecule has 5 N–H and O–H groups in total. The normalized spacial score (nSPS) is 34.4. The van der Waals surface area contributed by atoms with E-state index in [0.717, 1.165) is 13.1 Å². The zero-order valence-corrected chi connectivity index (χ0v) is 19.2. The van der Waals surface area contributed by atoms with Crippen LogP contribution in [0.25, 0.3) is 0 Å². The Morgan fingerprint density at radius 1 is 1.25 bits per heavy atom. The highest BCUT2D eigenvalue weighted by Gasteiger charge is 2.60. The summed E-state index contributed by atoms with van der Waals surface area (Å²) in [7, 11) is 0. The standard InChI is InChI=1S/C21H32N4O6S/c1-10-16-15(11(2)26)20(29)25(16)17(21(30)31)18(10)32-13-7-12(23-9-13)8-14(27)19(28)24-5-3-22-4-6-24/h10-16,22-23,26-27H,3-9H2,1-2H3,(H,30,31)/t10-,11-,12-,13+,14?,15-,16-/m1/s1. The summed E-state index contributed by atoms with van der Waals surface area (Å²) in [6, 6.07) is -0.358. The predicted molar refractivity (Wildman–Crippen MR) is 117 cm³/mol. The molecule has 0 aromatic carbocycles. The first kappa shape index (κ1) is 23.5. The van der Waals surface area contributed by atoms with Gasteiger partial charge in [-0.2, -0.15) is 0 Å². The topological polar surface area (TPSA) is 142 Å². The molecule has 0 radical (unpaired) electrons. The maximum Gasteiger partial charge on any atom is 0.353 e. The number of nitrogens with one attached hydrogen (secondary N) is 2. The molecule has 4 rings (SSSR count). The van der Waals surface area contributed by atoms with E-state index in [0.29, 0.717) is 37.4 Å². The van der Waals surface area contributed by atoms with Crippen molar-refractivity contribution in [1.82, 2.24) is 20.4 Å². The Kier molecular flexibility index (Phi) is 6.83. The number of nitrogens with zero attached hydrogens (tertiary/aromatic N) is 2. The molecule has 11 heteroatoms. The van der Waals surface area contributed by atoms with Crippen LogP contribution in [0, 0.1) is 11.8 Å². The van der Waals surface area contributed by atoms with Crippen LogP contribution in [0.3, 0.4) is 0 Å². The molecule has 4 aliphatic heterocycles. The number of thioether (sulfide) groups is 1. The first-order chi connectivity index (χ1) is 15.2. The summed E-state index contributed by atoms with van der Waals surface area (Å²) in [5, 5.41) is 36.8. The van der Waals surface area contributed by atoms with Crippen LogP contribution in [0.5, 0.6) is 0 Å². The maximum atomic E-state index is 12.5. The largest absolute Gasteiger partial charge is 0.477 e. The zero-order valence-electron chi connectivity index (χ0n) is 18.4. The van der Waals surface area contributed by atoms with E-state index in [2.05, 4.69) is 10.6 Å². The lowest BCUT2D eigenvalue weighted by atomic mass is 9.79. The first-order valence-corrected chi connectivity index (χ1v) is 12.1. The van der Waals surface area contributed by atoms with E-state index in [1.165, 1.54) is 16.7 Å². The Morgan fingerprint density at radius 3 is 2.56 bits per heavy atom. The molecule has 10 nitrogen and oxygen atoms in total. The second-order valence-electron chi connectivity index (χ2n) is 9.18. The average molecular weight is 469 g/mol. The number of rotatable bonds is 7. The van der Waals surface area contributed by atoms with Crippen molar-refractivity contribution in [2.45, 2.75) is 56.2 Å². The number of fused-ring (bicyclic) bond motifs is 1. The van der Waals surface area contributed by atoms with Crippen LogP contribution in [0.1, 0.15) is 26.7 Å². The number of amides is 2. The van der Waals surface area contributed by atoms with Gasteiger partial charge in [-0.25, -0.2) is 4.79 Å². The van der Waals surface area contributed by atoms with Crippen LogP contribution in [0.4, 0.5) is 0 Å². The molecule has 2 amide bonds. The van der Waals surface area contributed by atoms with E-state index in [4.69, 9.17) is 0 Å². The molecule has 3 saturated heterocycles. The van der Waals surface area contributed by atoms with Crippen molar-refractivity contribution < 1.29 is 29.7 Å². The summed E-state index contributed by atoms with van der Waals surface area (Å²) in [6.45, 7) is 6.76. The van der Waals surface area contributed by atoms with Crippen molar-refractivity contribution in [2.75, 3.05) is 32.7 Å². The average Bonchev–Trinajstić information content (AvgIpc) is 3.29. The lowest BCUT2D eigenvalue weighted by Gasteiger charge is -2.46. The number of aliphatic hydroxyl groups excluding tert-OH is 2. The first-order valence-electron chi connectivity index (χ1n) is 11.3. The second kappa shape index (κ2) is 9.30. The molecule has 3 fully saturated rings. The van der Waals surface area contributed by atoms with Gasteiger partial charge in [-0.05, 0) is 19.8 Å². The van der Waals surface area contributed by atoms with Gasteiger partial charge in [-0.3, -0.25) is 9.59 Å². The molecule has 0 aliphatic carbocycles. The minimum Gasteiger partial charge on any atom is -0.477 e. The Bertz CT molecular complexity index is 814. The van der Waals surface area contributed by atoms with Gasteiger partial charge in [0.1, 0.15) is 11.8 Å². The van der Waals surface area contributed by atoms with Crippen LogP contribution in [0.15, 0.2) is 10.6 Å². The Morgan fingerprint density at radius 2 is 1.94 bits per heavy atom. The molecule has 0 bridgehead atoms. The molecule has 0 saturated carbocycles. The Labute approximate surface area is 191 Å². The molecule has 0 aromatic rings. The minimum atomic E-state index is -1.13. The summed E-state index contributed by atoms with van der Waals surface area (Å²) < 4.78 is 0. The van der Waals surface area contributed by atoms with Crippen molar-refractivity contribution in [1.29, 1.82) is 0 Å². The third-order valence-electron chi connectivity index (χ3n) is 7.01. The van der Waals surface area contributed by atoms with Gasteiger partial charge >= 0.3 is 5.97 Å². The number of piperazine rings is 1. The van der Waals surface area contributed by atoms with Crippen molar-refractivity contribution in [2.24, 2.45) is 11.8 Å². The van der Waals surface area contributed by atoms with Gasteiger partial charge in [-0.15, -0.1) is 11.8 Å². The summed E-state index contributed by atoms with van der Waals surface area (Å²) in [5.41, 5.74) is 0.0340. The van der Waals surface area contributed by atoms with E-state index >= 15 is 0 Å². The number of carboxylic acids is 1. The van der Waals surface area contributed by atoms with Crippen LogP contribution >= 0.6 is 11.8 Å². The van der Waals surface area contributed by atoms with Gasteiger partial charge in [0, 0.05) is 54.8 Å². The molecular formula is C21H32N4O6S. The van der Waals surface area contributed by atoms with E-state index in [1.807, 2.05) is 6.92 Å².